The van der Waals surface area contributed by atoms with E-state index in [-0.39, 0.29) is 17.7 Å². The van der Waals surface area contributed by atoms with Gasteiger partial charge in [-0.15, -0.1) is 0 Å². The third kappa shape index (κ3) is 2.15. The number of hydrogen-bond acceptors (Lipinski definition) is 4. The molecule has 0 unspecified atom stereocenters. The molecule has 0 N–H and O–H groups in total. The van der Waals surface area contributed by atoms with Gasteiger partial charge >= 0.3 is 0 Å². The highest BCUT2D eigenvalue weighted by atomic mass is 16.6. The van der Waals surface area contributed by atoms with E-state index in [1.807, 2.05) is 12.1 Å². The maximum absolute atomic E-state index is 10.8. The van der Waals surface area contributed by atoms with Gasteiger partial charge in [0, 0.05) is 11.6 Å². The van der Waals surface area contributed by atoms with Crippen molar-refractivity contribution in [3.8, 4) is 12.1 Å². The minimum atomic E-state index is -0.513. The van der Waals surface area contributed by atoms with Crippen LogP contribution >= 0.6 is 0 Å². The van der Waals surface area contributed by atoms with E-state index < -0.39 is 4.92 Å². The third-order valence-electron chi connectivity index (χ3n) is 2.27. The fraction of sp³-hybridized carbons (Fsp3) is 0.273. The van der Waals surface area contributed by atoms with Gasteiger partial charge in [0.05, 0.1) is 29.0 Å². The van der Waals surface area contributed by atoms with Gasteiger partial charge in [-0.3, -0.25) is 10.1 Å². The molecule has 0 aliphatic rings. The van der Waals surface area contributed by atoms with Crippen LogP contribution in [0.5, 0.6) is 0 Å². The average Bonchev–Trinajstić information content (AvgIpc) is 2.28. The lowest BCUT2D eigenvalue weighted by molar-refractivity contribution is -0.385. The standard InChI is InChI=1S/C11H9N3O2/c1-2-10-9(3-4-12)5-8(7-13)6-11(10)14(15)16/h5-6H,2-3H2,1H3. The van der Waals surface area contributed by atoms with Gasteiger partial charge in [-0.2, -0.15) is 10.5 Å². The van der Waals surface area contributed by atoms with Crippen LogP contribution in [0.15, 0.2) is 12.1 Å². The summed E-state index contributed by atoms with van der Waals surface area (Å²) in [5.41, 5.74) is 1.24. The molecule has 0 heterocycles. The highest BCUT2D eigenvalue weighted by Crippen LogP contribution is 2.25. The van der Waals surface area contributed by atoms with Crippen molar-refractivity contribution in [2.24, 2.45) is 0 Å². The Bertz CT molecular complexity index is 509. The summed E-state index contributed by atoms with van der Waals surface area (Å²) in [6.45, 7) is 1.79. The van der Waals surface area contributed by atoms with E-state index in [1.54, 1.807) is 6.92 Å². The lowest BCUT2D eigenvalue weighted by Gasteiger charge is -2.05. The highest BCUT2D eigenvalue weighted by molar-refractivity contribution is 5.52. The molecule has 0 amide bonds. The van der Waals surface area contributed by atoms with Crippen LogP contribution in [-0.4, -0.2) is 4.92 Å². The van der Waals surface area contributed by atoms with Gasteiger partial charge < -0.3 is 0 Å². The molecule has 0 spiro atoms. The Morgan fingerprint density at radius 3 is 2.56 bits per heavy atom. The van der Waals surface area contributed by atoms with Crippen LogP contribution in [-0.2, 0) is 12.8 Å². The first-order valence-electron chi connectivity index (χ1n) is 4.71. The van der Waals surface area contributed by atoms with Crippen molar-refractivity contribution < 1.29 is 4.92 Å². The molecule has 0 aliphatic heterocycles. The molecular weight excluding hydrogens is 206 g/mol. The maximum Gasteiger partial charge on any atom is 0.274 e. The first-order chi connectivity index (χ1) is 7.63. The summed E-state index contributed by atoms with van der Waals surface area (Å²) in [4.78, 5) is 10.3. The molecule has 16 heavy (non-hydrogen) atoms. The molecule has 0 aromatic heterocycles. The average molecular weight is 215 g/mol. The summed E-state index contributed by atoms with van der Waals surface area (Å²) in [7, 11) is 0. The number of rotatable bonds is 3. The fourth-order valence-corrected chi connectivity index (χ4v) is 1.59. The summed E-state index contributed by atoms with van der Waals surface area (Å²) in [5, 5.41) is 28.2. The van der Waals surface area contributed by atoms with Crippen LogP contribution in [0.2, 0.25) is 0 Å². The second kappa shape index (κ2) is 4.90. The van der Waals surface area contributed by atoms with Crippen LogP contribution in [0.3, 0.4) is 0 Å². The SMILES string of the molecule is CCc1c(CC#N)cc(C#N)cc1[N+](=O)[O-]. The van der Waals surface area contributed by atoms with Crippen LogP contribution in [0.4, 0.5) is 5.69 Å². The lowest BCUT2D eigenvalue weighted by atomic mass is 9.98. The molecule has 5 heteroatoms. The van der Waals surface area contributed by atoms with E-state index >= 15 is 0 Å². The first kappa shape index (κ1) is 11.7. The van der Waals surface area contributed by atoms with E-state index in [0.717, 1.165) is 0 Å². The molecular formula is C11H9N3O2. The van der Waals surface area contributed by atoms with Crippen molar-refractivity contribution in [3.05, 3.63) is 38.9 Å². The Hall–Kier alpha value is -2.40. The molecule has 0 aliphatic carbocycles. The predicted octanol–water partition coefficient (Wildman–Crippen LogP) is 2.09. The smallest absolute Gasteiger partial charge is 0.258 e. The predicted molar refractivity (Wildman–Crippen MR) is 56.5 cm³/mol. The van der Waals surface area contributed by atoms with E-state index in [0.29, 0.717) is 17.5 Å². The topological polar surface area (TPSA) is 90.7 Å². The number of nitro benzene ring substituents is 1. The first-order valence-corrected chi connectivity index (χ1v) is 4.71. The quantitative estimate of drug-likeness (QED) is 0.570. The Labute approximate surface area is 92.7 Å². The second-order valence-electron chi connectivity index (χ2n) is 3.19. The molecule has 1 aromatic rings. The van der Waals surface area contributed by atoms with Crippen LogP contribution in [0.1, 0.15) is 23.6 Å². The van der Waals surface area contributed by atoms with Crippen molar-refractivity contribution in [3.63, 3.8) is 0 Å². The number of benzene rings is 1. The summed E-state index contributed by atoms with van der Waals surface area (Å²) in [6, 6.07) is 6.59. The van der Waals surface area contributed by atoms with Crippen molar-refractivity contribution in [2.45, 2.75) is 19.8 Å². The van der Waals surface area contributed by atoms with Gasteiger partial charge in [0.1, 0.15) is 0 Å². The summed E-state index contributed by atoms with van der Waals surface area (Å²) in [6.07, 6.45) is 0.554. The number of hydrogen-bond donors (Lipinski definition) is 0. The number of nitrogens with zero attached hydrogens (tertiary/aromatic N) is 3. The molecule has 0 bridgehead atoms. The van der Waals surface area contributed by atoms with Crippen molar-refractivity contribution in [1.29, 1.82) is 10.5 Å². The Balaban J connectivity index is 3.48. The zero-order chi connectivity index (χ0) is 12.1. The molecule has 5 nitrogen and oxygen atoms in total. The fourth-order valence-electron chi connectivity index (χ4n) is 1.59. The van der Waals surface area contributed by atoms with E-state index in [2.05, 4.69) is 0 Å². The van der Waals surface area contributed by atoms with Crippen molar-refractivity contribution in [1.82, 2.24) is 0 Å². The largest absolute Gasteiger partial charge is 0.274 e. The Morgan fingerprint density at radius 1 is 1.44 bits per heavy atom. The monoisotopic (exact) mass is 215 g/mol. The minimum Gasteiger partial charge on any atom is -0.258 e. The number of nitriles is 2. The lowest BCUT2D eigenvalue weighted by Crippen LogP contribution is -2.00. The van der Waals surface area contributed by atoms with Gasteiger partial charge in [-0.05, 0) is 18.1 Å². The molecule has 0 atom stereocenters. The minimum absolute atomic E-state index is 0.0770. The molecule has 0 saturated carbocycles. The highest BCUT2D eigenvalue weighted by Gasteiger charge is 2.17. The van der Waals surface area contributed by atoms with Gasteiger partial charge in [-0.1, -0.05) is 6.92 Å². The summed E-state index contributed by atoms with van der Waals surface area (Å²) in [5.74, 6) is 0. The third-order valence-corrected chi connectivity index (χ3v) is 2.27. The number of nitro groups is 1. The van der Waals surface area contributed by atoms with Gasteiger partial charge in [-0.25, -0.2) is 0 Å². The molecule has 0 saturated heterocycles. The van der Waals surface area contributed by atoms with Crippen molar-refractivity contribution >= 4 is 5.69 Å². The maximum atomic E-state index is 10.8. The Kier molecular flexibility index (Phi) is 3.58. The normalized spacial score (nSPS) is 9.19. The van der Waals surface area contributed by atoms with Gasteiger partial charge in [0.2, 0.25) is 0 Å². The van der Waals surface area contributed by atoms with Crippen LogP contribution < -0.4 is 0 Å². The van der Waals surface area contributed by atoms with E-state index in [9.17, 15) is 10.1 Å². The summed E-state index contributed by atoms with van der Waals surface area (Å²) < 4.78 is 0. The van der Waals surface area contributed by atoms with E-state index in [4.69, 9.17) is 10.5 Å². The zero-order valence-electron chi connectivity index (χ0n) is 8.73. The molecule has 0 fully saturated rings. The van der Waals surface area contributed by atoms with Crippen LogP contribution in [0.25, 0.3) is 0 Å². The van der Waals surface area contributed by atoms with Gasteiger partial charge in [0.25, 0.3) is 5.69 Å². The molecule has 1 aromatic carbocycles. The van der Waals surface area contributed by atoms with E-state index in [1.165, 1.54) is 12.1 Å². The Morgan fingerprint density at radius 2 is 2.12 bits per heavy atom. The van der Waals surface area contributed by atoms with Crippen molar-refractivity contribution in [2.75, 3.05) is 0 Å². The zero-order valence-corrected chi connectivity index (χ0v) is 8.73. The van der Waals surface area contributed by atoms with Gasteiger partial charge in [0.15, 0.2) is 0 Å². The second-order valence-corrected chi connectivity index (χ2v) is 3.19. The summed E-state index contributed by atoms with van der Waals surface area (Å²) >= 11 is 0. The molecule has 1 rings (SSSR count). The molecule has 0 radical (unpaired) electrons. The van der Waals surface area contributed by atoms with Crippen LogP contribution in [0, 0.1) is 32.8 Å². The molecule has 80 valence electrons.